The van der Waals surface area contributed by atoms with E-state index in [2.05, 4.69) is 32.6 Å². The van der Waals surface area contributed by atoms with Crippen LogP contribution in [-0.2, 0) is 11.3 Å². The van der Waals surface area contributed by atoms with Crippen LogP contribution in [0.25, 0.3) is 0 Å². The molecule has 6 heteroatoms. The van der Waals surface area contributed by atoms with Crippen LogP contribution in [0.2, 0.25) is 10.0 Å². The number of likely N-dealkylation sites (tertiary alicyclic amines) is 1. The average molecular weight is 415 g/mol. The maximum absolute atomic E-state index is 12.5. The minimum atomic E-state index is -0.567. The Bertz CT molecular complexity index is 631. The van der Waals surface area contributed by atoms with Crippen molar-refractivity contribution in [2.75, 3.05) is 6.54 Å². The Labute approximate surface area is 173 Å². The summed E-state index contributed by atoms with van der Waals surface area (Å²) in [5.74, 6) is 0.0868. The number of nitrogens with zero attached hydrogens (tertiary/aromatic N) is 2. The monoisotopic (exact) mass is 414 g/mol. The van der Waals surface area contributed by atoms with Crippen molar-refractivity contribution in [2.45, 2.75) is 84.2 Å². The van der Waals surface area contributed by atoms with Crippen molar-refractivity contribution in [1.29, 1.82) is 0 Å². The highest BCUT2D eigenvalue weighted by atomic mass is 35.5. The molecule has 1 aliphatic heterocycles. The molecule has 1 N–H and O–H groups in total. The second-order valence-electron chi connectivity index (χ2n) is 7.65. The number of amides is 1. The van der Waals surface area contributed by atoms with Gasteiger partial charge in [-0.1, -0.05) is 43.1 Å². The molecule has 1 heterocycles. The van der Waals surface area contributed by atoms with E-state index in [9.17, 15) is 9.90 Å². The Hall–Kier alpha value is -0.810. The number of hydrogen-bond donors (Lipinski definition) is 1. The number of aliphatic hydroxyl groups excluding tert-OH is 1. The summed E-state index contributed by atoms with van der Waals surface area (Å²) in [6, 6.07) is 6.06. The van der Waals surface area contributed by atoms with Crippen LogP contribution in [0.3, 0.4) is 0 Å². The Morgan fingerprint density at radius 2 is 1.81 bits per heavy atom. The van der Waals surface area contributed by atoms with E-state index < -0.39 is 6.10 Å². The maximum Gasteiger partial charge on any atom is 0.223 e. The first-order valence-corrected chi connectivity index (χ1v) is 10.7. The van der Waals surface area contributed by atoms with Crippen LogP contribution in [0.4, 0.5) is 0 Å². The molecule has 1 aromatic rings. The SMILES string of the molecule is CCC(C)N(C[C@@H](O)[C@@H]1CCC(=O)N1Cc1ccc(Cl)c(Cl)c1)C(C)CC. The lowest BCUT2D eigenvalue weighted by atomic mass is 10.0. The zero-order chi connectivity index (χ0) is 20.1. The van der Waals surface area contributed by atoms with Gasteiger partial charge in [0.05, 0.1) is 22.2 Å². The predicted octanol–water partition coefficient (Wildman–Crippen LogP) is 4.74. The molecule has 0 aliphatic carbocycles. The summed E-state index contributed by atoms with van der Waals surface area (Å²) in [5, 5.41) is 12.0. The van der Waals surface area contributed by atoms with Gasteiger partial charge >= 0.3 is 0 Å². The van der Waals surface area contributed by atoms with Crippen molar-refractivity contribution in [3.63, 3.8) is 0 Å². The summed E-state index contributed by atoms with van der Waals surface area (Å²) < 4.78 is 0. The fraction of sp³-hybridized carbons (Fsp3) is 0.667. The third-order valence-corrected chi connectivity index (χ3v) is 6.61. The molecule has 1 aromatic carbocycles. The summed E-state index contributed by atoms with van der Waals surface area (Å²) in [5.41, 5.74) is 0.928. The molecular formula is C21H32Cl2N2O2. The highest BCUT2D eigenvalue weighted by Crippen LogP contribution is 2.28. The van der Waals surface area contributed by atoms with Gasteiger partial charge in [0, 0.05) is 31.6 Å². The molecule has 152 valence electrons. The van der Waals surface area contributed by atoms with Gasteiger partial charge in [0.1, 0.15) is 0 Å². The number of carbonyl (C=O) groups is 1. The zero-order valence-corrected chi connectivity index (χ0v) is 18.3. The van der Waals surface area contributed by atoms with Gasteiger partial charge in [-0.2, -0.15) is 0 Å². The van der Waals surface area contributed by atoms with Gasteiger partial charge in [0.25, 0.3) is 0 Å². The van der Waals surface area contributed by atoms with Crippen molar-refractivity contribution in [3.8, 4) is 0 Å². The molecule has 1 aliphatic rings. The third-order valence-electron chi connectivity index (χ3n) is 5.87. The Balaban J connectivity index is 2.12. The molecule has 0 aromatic heterocycles. The Kier molecular flexibility index (Phi) is 8.41. The van der Waals surface area contributed by atoms with Crippen LogP contribution in [-0.4, -0.2) is 51.6 Å². The van der Waals surface area contributed by atoms with Gasteiger partial charge in [0.2, 0.25) is 5.91 Å². The number of hydrogen-bond acceptors (Lipinski definition) is 3. The first kappa shape index (κ1) is 22.5. The van der Waals surface area contributed by atoms with Crippen molar-refractivity contribution in [3.05, 3.63) is 33.8 Å². The lowest BCUT2D eigenvalue weighted by molar-refractivity contribution is -0.131. The first-order valence-electron chi connectivity index (χ1n) is 9.95. The van der Waals surface area contributed by atoms with E-state index >= 15 is 0 Å². The van der Waals surface area contributed by atoms with Crippen LogP contribution in [0.5, 0.6) is 0 Å². The van der Waals surface area contributed by atoms with E-state index in [0.717, 1.165) is 18.4 Å². The lowest BCUT2D eigenvalue weighted by Crippen LogP contribution is -2.50. The number of rotatable bonds is 9. The second kappa shape index (κ2) is 10.1. The van der Waals surface area contributed by atoms with Crippen molar-refractivity contribution in [2.24, 2.45) is 0 Å². The molecule has 0 spiro atoms. The highest BCUT2D eigenvalue weighted by Gasteiger charge is 2.37. The van der Waals surface area contributed by atoms with Gasteiger partial charge in [0.15, 0.2) is 0 Å². The molecule has 2 rings (SSSR count). The fourth-order valence-corrected chi connectivity index (χ4v) is 4.12. The van der Waals surface area contributed by atoms with Crippen LogP contribution in [0, 0.1) is 0 Å². The molecule has 4 nitrogen and oxygen atoms in total. The lowest BCUT2D eigenvalue weighted by Gasteiger charge is -2.38. The molecule has 27 heavy (non-hydrogen) atoms. The number of carbonyl (C=O) groups excluding carboxylic acids is 1. The van der Waals surface area contributed by atoms with E-state index in [1.165, 1.54) is 0 Å². The highest BCUT2D eigenvalue weighted by molar-refractivity contribution is 6.42. The van der Waals surface area contributed by atoms with E-state index in [-0.39, 0.29) is 11.9 Å². The minimum Gasteiger partial charge on any atom is -0.390 e. The van der Waals surface area contributed by atoms with Crippen molar-refractivity contribution < 1.29 is 9.90 Å². The second-order valence-corrected chi connectivity index (χ2v) is 8.47. The molecule has 2 unspecified atom stereocenters. The largest absolute Gasteiger partial charge is 0.390 e. The normalized spacial score (nSPS) is 21.0. The van der Waals surface area contributed by atoms with Crippen LogP contribution in [0.1, 0.15) is 58.9 Å². The quantitative estimate of drug-likeness (QED) is 0.633. The van der Waals surface area contributed by atoms with Crippen LogP contribution in [0.15, 0.2) is 18.2 Å². The van der Waals surface area contributed by atoms with Crippen LogP contribution < -0.4 is 0 Å². The summed E-state index contributed by atoms with van der Waals surface area (Å²) in [6.07, 6.45) is 2.68. The van der Waals surface area contributed by atoms with Gasteiger partial charge in [-0.05, 0) is 50.8 Å². The summed E-state index contributed by atoms with van der Waals surface area (Å²) in [7, 11) is 0. The van der Waals surface area contributed by atoms with Gasteiger partial charge in [-0.3, -0.25) is 9.69 Å². The van der Waals surface area contributed by atoms with E-state index in [1.54, 1.807) is 17.0 Å². The summed E-state index contributed by atoms with van der Waals surface area (Å²) in [6.45, 7) is 9.77. The third kappa shape index (κ3) is 5.60. The Morgan fingerprint density at radius 1 is 1.19 bits per heavy atom. The molecule has 0 bridgehead atoms. The number of aliphatic hydroxyl groups is 1. The zero-order valence-electron chi connectivity index (χ0n) is 16.8. The van der Waals surface area contributed by atoms with Crippen LogP contribution >= 0.6 is 23.2 Å². The Morgan fingerprint density at radius 3 is 2.37 bits per heavy atom. The molecule has 1 amide bonds. The van der Waals surface area contributed by atoms with E-state index in [1.807, 2.05) is 6.07 Å². The molecule has 0 radical (unpaired) electrons. The van der Waals surface area contributed by atoms with E-state index in [0.29, 0.717) is 48.1 Å². The van der Waals surface area contributed by atoms with Crippen molar-refractivity contribution in [1.82, 2.24) is 9.80 Å². The minimum absolute atomic E-state index is 0.0868. The molecular weight excluding hydrogens is 383 g/mol. The predicted molar refractivity (Wildman–Crippen MR) is 112 cm³/mol. The van der Waals surface area contributed by atoms with Gasteiger partial charge in [-0.25, -0.2) is 0 Å². The topological polar surface area (TPSA) is 43.8 Å². The van der Waals surface area contributed by atoms with E-state index in [4.69, 9.17) is 23.2 Å². The smallest absolute Gasteiger partial charge is 0.223 e. The maximum atomic E-state index is 12.5. The van der Waals surface area contributed by atoms with Gasteiger partial charge in [-0.15, -0.1) is 0 Å². The summed E-state index contributed by atoms with van der Waals surface area (Å²) >= 11 is 12.1. The van der Waals surface area contributed by atoms with Crippen molar-refractivity contribution >= 4 is 29.1 Å². The molecule has 1 fully saturated rings. The van der Waals surface area contributed by atoms with Gasteiger partial charge < -0.3 is 10.0 Å². The summed E-state index contributed by atoms with van der Waals surface area (Å²) in [4.78, 5) is 16.6. The number of benzene rings is 1. The molecule has 1 saturated heterocycles. The molecule has 0 saturated carbocycles. The standard InChI is InChI=1S/C21H32Cl2N2O2/c1-5-14(3)24(15(4)6-2)13-20(26)19-9-10-21(27)25(19)12-16-7-8-17(22)18(23)11-16/h7-8,11,14-15,19-20,26H,5-6,9-10,12-13H2,1-4H3/t14?,15?,19-,20+/m0/s1. The average Bonchev–Trinajstić information content (AvgIpc) is 3.01. The first-order chi connectivity index (χ1) is 12.8. The fourth-order valence-electron chi connectivity index (χ4n) is 3.80. The number of halogens is 2. The molecule has 4 atom stereocenters.